The van der Waals surface area contributed by atoms with Crippen LogP contribution in [0.3, 0.4) is 0 Å². The summed E-state index contributed by atoms with van der Waals surface area (Å²) in [6, 6.07) is 0. The molecule has 0 nitrogen and oxygen atoms in total. The predicted molar refractivity (Wildman–Crippen MR) is 46.3 cm³/mol. The Labute approximate surface area is 91.9 Å². The molecular weight excluding hydrogens is 362 g/mol. The smallest absolute Gasteiger partial charge is 0.0875 e. The van der Waals surface area contributed by atoms with Gasteiger partial charge in [-0.1, -0.05) is 29.3 Å². The van der Waals surface area contributed by atoms with Crippen molar-refractivity contribution in [3.63, 3.8) is 0 Å². The van der Waals surface area contributed by atoms with Crippen molar-refractivity contribution in [1.29, 1.82) is 0 Å². The van der Waals surface area contributed by atoms with Crippen molar-refractivity contribution in [2.45, 2.75) is 25.7 Å². The van der Waals surface area contributed by atoms with Crippen molar-refractivity contribution in [2.75, 3.05) is 0 Å². The Morgan fingerprint density at radius 2 is 1.91 bits per heavy atom. The minimum Gasteiger partial charge on any atom is -0.0875 e. The van der Waals surface area contributed by atoms with E-state index >= 15 is 0 Å². The maximum absolute atomic E-state index is 5.84. The molecular formula is C8H10Cl2Pt+2. The molecule has 0 saturated carbocycles. The van der Waals surface area contributed by atoms with Gasteiger partial charge in [-0.3, -0.25) is 0 Å². The van der Waals surface area contributed by atoms with E-state index in [1.807, 2.05) is 6.08 Å². The van der Waals surface area contributed by atoms with Gasteiger partial charge in [0.2, 0.25) is 0 Å². The van der Waals surface area contributed by atoms with Crippen LogP contribution in [0, 0.1) is 0 Å². The van der Waals surface area contributed by atoms with Crippen LogP contribution in [-0.4, -0.2) is 0 Å². The molecule has 0 N–H and O–H groups in total. The Hall–Kier alpha value is 0.748. The second-order valence-corrected chi connectivity index (χ2v) is 3.26. The number of halogens is 2. The summed E-state index contributed by atoms with van der Waals surface area (Å²) >= 11 is 11.6. The summed E-state index contributed by atoms with van der Waals surface area (Å²) in [6.45, 7) is 0. The van der Waals surface area contributed by atoms with Gasteiger partial charge >= 0.3 is 21.1 Å². The van der Waals surface area contributed by atoms with Crippen LogP contribution >= 0.6 is 23.2 Å². The summed E-state index contributed by atoms with van der Waals surface area (Å²) in [5.41, 5.74) is 0. The molecule has 0 radical (unpaired) electrons. The molecule has 0 aromatic rings. The fraction of sp³-hybridized carbons (Fsp3) is 0.500. The molecule has 0 aliphatic heterocycles. The molecule has 0 spiro atoms. The van der Waals surface area contributed by atoms with Crippen molar-refractivity contribution >= 4 is 23.2 Å². The number of hydrogen-bond donors (Lipinski definition) is 0. The van der Waals surface area contributed by atoms with E-state index in [-0.39, 0.29) is 21.1 Å². The summed E-state index contributed by atoms with van der Waals surface area (Å²) in [6.07, 6.45) is 8.40. The molecule has 3 heteroatoms. The molecule has 0 saturated heterocycles. The monoisotopic (exact) mass is 371 g/mol. The minimum atomic E-state index is 0. The van der Waals surface area contributed by atoms with E-state index in [0.29, 0.717) is 5.03 Å². The van der Waals surface area contributed by atoms with Crippen LogP contribution in [0.1, 0.15) is 25.7 Å². The van der Waals surface area contributed by atoms with Crippen LogP contribution in [-0.2, 0) is 21.1 Å². The third-order valence-corrected chi connectivity index (χ3v) is 2.38. The Morgan fingerprint density at radius 1 is 1.18 bits per heavy atom. The topological polar surface area (TPSA) is 0 Å². The zero-order valence-electron chi connectivity index (χ0n) is 6.06. The summed E-state index contributed by atoms with van der Waals surface area (Å²) < 4.78 is 0. The molecule has 0 atom stereocenters. The molecule has 64 valence electrons. The number of rotatable bonds is 0. The van der Waals surface area contributed by atoms with Crippen molar-refractivity contribution in [3.8, 4) is 0 Å². The quantitative estimate of drug-likeness (QED) is 0.607. The zero-order chi connectivity index (χ0) is 7.40. The number of hydrogen-bond acceptors (Lipinski definition) is 0. The number of allylic oxidation sites excluding steroid dienone is 4. The molecule has 0 heterocycles. The second-order valence-electron chi connectivity index (χ2n) is 2.40. The first-order chi connectivity index (χ1) is 4.80. The van der Waals surface area contributed by atoms with Crippen molar-refractivity contribution in [2.24, 2.45) is 0 Å². The van der Waals surface area contributed by atoms with Gasteiger partial charge in [0.1, 0.15) is 0 Å². The average molecular weight is 372 g/mol. The van der Waals surface area contributed by atoms with Gasteiger partial charge in [-0.25, -0.2) is 0 Å². The molecule has 11 heavy (non-hydrogen) atoms. The van der Waals surface area contributed by atoms with Gasteiger partial charge < -0.3 is 0 Å². The van der Waals surface area contributed by atoms with Crippen LogP contribution in [0.5, 0.6) is 0 Å². The van der Waals surface area contributed by atoms with Gasteiger partial charge in [-0.15, -0.1) is 0 Å². The van der Waals surface area contributed by atoms with Crippen LogP contribution in [0.25, 0.3) is 0 Å². The Kier molecular flexibility index (Phi) is 6.71. The molecule has 1 rings (SSSR count). The Morgan fingerprint density at radius 3 is 2.64 bits per heavy atom. The van der Waals surface area contributed by atoms with E-state index in [9.17, 15) is 0 Å². The zero-order valence-corrected chi connectivity index (χ0v) is 9.84. The molecule has 0 aromatic carbocycles. The van der Waals surface area contributed by atoms with Gasteiger partial charge in [0.05, 0.1) is 5.03 Å². The van der Waals surface area contributed by atoms with Crippen molar-refractivity contribution in [1.82, 2.24) is 0 Å². The Balaban J connectivity index is 0.000001000. The first-order valence-electron chi connectivity index (χ1n) is 3.51. The van der Waals surface area contributed by atoms with Gasteiger partial charge in [-0.2, -0.15) is 0 Å². The normalized spacial score (nSPS) is 28.2. The van der Waals surface area contributed by atoms with Crippen LogP contribution < -0.4 is 0 Å². The maximum atomic E-state index is 5.84. The van der Waals surface area contributed by atoms with Crippen LogP contribution in [0.15, 0.2) is 22.2 Å². The molecule has 0 unspecified atom stereocenters. The van der Waals surface area contributed by atoms with Crippen LogP contribution in [0.2, 0.25) is 0 Å². The fourth-order valence-corrected chi connectivity index (χ4v) is 1.32. The minimum absolute atomic E-state index is 0. The first-order valence-corrected chi connectivity index (χ1v) is 4.27. The van der Waals surface area contributed by atoms with E-state index in [0.717, 1.165) is 24.3 Å². The second kappa shape index (κ2) is 6.28. The molecule has 0 fully saturated rings. The van der Waals surface area contributed by atoms with Crippen molar-refractivity contribution in [3.05, 3.63) is 22.2 Å². The van der Waals surface area contributed by atoms with Gasteiger partial charge in [0.15, 0.2) is 0 Å². The van der Waals surface area contributed by atoms with E-state index in [4.69, 9.17) is 23.2 Å². The summed E-state index contributed by atoms with van der Waals surface area (Å²) in [7, 11) is 0. The Bertz CT molecular complexity index is 173. The summed E-state index contributed by atoms with van der Waals surface area (Å²) in [4.78, 5) is 0. The largest absolute Gasteiger partial charge is 2.00 e. The van der Waals surface area contributed by atoms with Gasteiger partial charge in [-0.05, 0) is 31.8 Å². The maximum Gasteiger partial charge on any atom is 2.00 e. The molecule has 0 bridgehead atoms. The third kappa shape index (κ3) is 4.35. The molecule has 0 amide bonds. The first kappa shape index (κ1) is 11.7. The SMILES string of the molecule is ClC1=C(\Cl)CCCC/C=C\1.[Pt+2]. The van der Waals surface area contributed by atoms with Gasteiger partial charge in [0, 0.05) is 5.03 Å². The average Bonchev–Trinajstić information content (AvgIpc) is 1.92. The van der Waals surface area contributed by atoms with E-state index in [1.54, 1.807) is 0 Å². The fourth-order valence-electron chi connectivity index (χ4n) is 0.939. The molecule has 0 aromatic heterocycles. The summed E-state index contributed by atoms with van der Waals surface area (Å²) in [5, 5.41) is 1.51. The van der Waals surface area contributed by atoms with Gasteiger partial charge in [0.25, 0.3) is 0 Å². The predicted octanol–water partition coefficient (Wildman–Crippen LogP) is 3.80. The van der Waals surface area contributed by atoms with E-state index in [1.165, 1.54) is 6.42 Å². The van der Waals surface area contributed by atoms with E-state index in [2.05, 4.69) is 6.08 Å². The third-order valence-electron chi connectivity index (χ3n) is 1.54. The summed E-state index contributed by atoms with van der Waals surface area (Å²) in [5.74, 6) is 0. The van der Waals surface area contributed by atoms with Crippen molar-refractivity contribution < 1.29 is 21.1 Å². The molecule has 1 aliphatic carbocycles. The van der Waals surface area contributed by atoms with E-state index < -0.39 is 0 Å². The standard InChI is InChI=1S/C8H10Cl2.Pt/c9-7-5-3-1-2-4-6-8(7)10;/h3,5H,1-2,4,6H2;/q;+2/b5-3-,8-7-;. The molecule has 1 aliphatic rings. The van der Waals surface area contributed by atoms with Crippen LogP contribution in [0.4, 0.5) is 0 Å².